The standard InChI is InChI=1S/C12H19NS/c1-10(2)8-13-9-12(5-6-12)11-4-3-7-14-11/h3-4,7,10,13H,5-6,8-9H2,1-2H3. The maximum absolute atomic E-state index is 3.58. The maximum atomic E-state index is 3.58. The molecule has 1 N–H and O–H groups in total. The number of thiophene rings is 1. The number of hydrogen-bond donors (Lipinski definition) is 1. The van der Waals surface area contributed by atoms with E-state index in [4.69, 9.17) is 0 Å². The Balaban J connectivity index is 1.85. The Hall–Kier alpha value is -0.340. The van der Waals surface area contributed by atoms with Crippen molar-refractivity contribution < 1.29 is 0 Å². The molecule has 78 valence electrons. The van der Waals surface area contributed by atoms with Crippen molar-refractivity contribution in [3.8, 4) is 0 Å². The summed E-state index contributed by atoms with van der Waals surface area (Å²) in [5.41, 5.74) is 0.517. The number of hydrogen-bond acceptors (Lipinski definition) is 2. The number of rotatable bonds is 5. The van der Waals surface area contributed by atoms with Gasteiger partial charge in [-0.25, -0.2) is 0 Å². The smallest absolute Gasteiger partial charge is 0.0172 e. The first-order chi connectivity index (χ1) is 6.73. The molecule has 0 aromatic carbocycles. The van der Waals surface area contributed by atoms with Gasteiger partial charge < -0.3 is 5.32 Å². The highest BCUT2D eigenvalue weighted by Gasteiger charge is 2.44. The minimum atomic E-state index is 0.517. The van der Waals surface area contributed by atoms with Crippen LogP contribution in [0.25, 0.3) is 0 Å². The zero-order valence-electron chi connectivity index (χ0n) is 9.05. The Morgan fingerprint density at radius 2 is 2.29 bits per heavy atom. The lowest BCUT2D eigenvalue weighted by molar-refractivity contribution is 0.512. The van der Waals surface area contributed by atoms with Crippen molar-refractivity contribution >= 4 is 11.3 Å². The summed E-state index contributed by atoms with van der Waals surface area (Å²) in [6, 6.07) is 4.46. The van der Waals surface area contributed by atoms with Crippen molar-refractivity contribution in [2.24, 2.45) is 5.92 Å². The van der Waals surface area contributed by atoms with E-state index in [0.717, 1.165) is 12.5 Å². The highest BCUT2D eigenvalue weighted by atomic mass is 32.1. The van der Waals surface area contributed by atoms with Crippen LogP contribution in [0.1, 0.15) is 31.6 Å². The van der Waals surface area contributed by atoms with Crippen LogP contribution in [0.4, 0.5) is 0 Å². The van der Waals surface area contributed by atoms with Gasteiger partial charge in [0.1, 0.15) is 0 Å². The Bertz CT molecular complexity index is 273. The molecule has 0 radical (unpaired) electrons. The van der Waals surface area contributed by atoms with Crippen molar-refractivity contribution in [2.75, 3.05) is 13.1 Å². The van der Waals surface area contributed by atoms with E-state index in [-0.39, 0.29) is 0 Å². The van der Waals surface area contributed by atoms with Crippen LogP contribution < -0.4 is 5.32 Å². The molecule has 0 unspecified atom stereocenters. The van der Waals surface area contributed by atoms with Gasteiger partial charge in [-0.2, -0.15) is 0 Å². The maximum Gasteiger partial charge on any atom is 0.0172 e. The molecular formula is C12H19NS. The predicted octanol–water partition coefficient (Wildman–Crippen LogP) is 3.03. The summed E-state index contributed by atoms with van der Waals surface area (Å²) in [7, 11) is 0. The molecule has 0 bridgehead atoms. The molecule has 1 aliphatic rings. The van der Waals surface area contributed by atoms with Crippen molar-refractivity contribution in [2.45, 2.75) is 32.1 Å². The SMILES string of the molecule is CC(C)CNCC1(c2cccs2)CC1. The van der Waals surface area contributed by atoms with Crippen LogP contribution in [-0.2, 0) is 5.41 Å². The van der Waals surface area contributed by atoms with Crippen LogP contribution in [0.2, 0.25) is 0 Å². The van der Waals surface area contributed by atoms with Gasteiger partial charge in [0.2, 0.25) is 0 Å². The van der Waals surface area contributed by atoms with E-state index in [1.54, 1.807) is 4.88 Å². The lowest BCUT2D eigenvalue weighted by Gasteiger charge is -2.15. The third-order valence-corrected chi connectivity index (χ3v) is 4.03. The second-order valence-corrected chi connectivity index (χ2v) is 5.73. The van der Waals surface area contributed by atoms with E-state index in [1.807, 2.05) is 11.3 Å². The summed E-state index contributed by atoms with van der Waals surface area (Å²) in [4.78, 5) is 1.58. The van der Waals surface area contributed by atoms with E-state index in [9.17, 15) is 0 Å². The fourth-order valence-corrected chi connectivity index (χ4v) is 2.83. The fraction of sp³-hybridized carbons (Fsp3) is 0.667. The molecule has 14 heavy (non-hydrogen) atoms. The van der Waals surface area contributed by atoms with Crippen molar-refractivity contribution in [1.29, 1.82) is 0 Å². The van der Waals surface area contributed by atoms with Crippen LogP contribution in [0, 0.1) is 5.92 Å². The summed E-state index contributed by atoms with van der Waals surface area (Å²) < 4.78 is 0. The zero-order valence-corrected chi connectivity index (χ0v) is 9.86. The second kappa shape index (κ2) is 4.03. The van der Waals surface area contributed by atoms with Gasteiger partial charge in [-0.05, 0) is 36.8 Å². The predicted molar refractivity (Wildman–Crippen MR) is 62.9 cm³/mol. The molecule has 0 amide bonds. The number of nitrogens with one attached hydrogen (secondary N) is 1. The summed E-state index contributed by atoms with van der Waals surface area (Å²) in [5, 5.41) is 5.77. The molecule has 1 aromatic heterocycles. The molecular weight excluding hydrogens is 190 g/mol. The first kappa shape index (κ1) is 10.2. The molecule has 2 rings (SSSR count). The van der Waals surface area contributed by atoms with Crippen LogP contribution >= 0.6 is 11.3 Å². The van der Waals surface area contributed by atoms with Gasteiger partial charge in [0.25, 0.3) is 0 Å². The molecule has 1 fully saturated rings. The largest absolute Gasteiger partial charge is 0.316 e. The summed E-state index contributed by atoms with van der Waals surface area (Å²) in [6.07, 6.45) is 2.75. The first-order valence-electron chi connectivity index (χ1n) is 5.48. The molecule has 0 saturated heterocycles. The van der Waals surface area contributed by atoms with E-state index in [1.165, 1.54) is 19.4 Å². The van der Waals surface area contributed by atoms with E-state index in [2.05, 4.69) is 36.7 Å². The molecule has 1 aliphatic carbocycles. The normalized spacial score (nSPS) is 18.8. The van der Waals surface area contributed by atoms with Gasteiger partial charge >= 0.3 is 0 Å². The van der Waals surface area contributed by atoms with Crippen LogP contribution in [0.3, 0.4) is 0 Å². The monoisotopic (exact) mass is 209 g/mol. The molecule has 1 saturated carbocycles. The van der Waals surface area contributed by atoms with Crippen LogP contribution in [0.15, 0.2) is 17.5 Å². The molecule has 2 heteroatoms. The van der Waals surface area contributed by atoms with Crippen molar-refractivity contribution in [1.82, 2.24) is 5.32 Å². The Labute approximate surface area is 90.5 Å². The minimum absolute atomic E-state index is 0.517. The average molecular weight is 209 g/mol. The molecule has 1 aromatic rings. The van der Waals surface area contributed by atoms with Gasteiger partial charge in [0.05, 0.1) is 0 Å². The van der Waals surface area contributed by atoms with Gasteiger partial charge in [0, 0.05) is 16.8 Å². The highest BCUT2D eigenvalue weighted by molar-refractivity contribution is 7.10. The molecule has 1 heterocycles. The van der Waals surface area contributed by atoms with Crippen molar-refractivity contribution in [3.05, 3.63) is 22.4 Å². The van der Waals surface area contributed by atoms with Crippen molar-refractivity contribution in [3.63, 3.8) is 0 Å². The van der Waals surface area contributed by atoms with Gasteiger partial charge in [-0.3, -0.25) is 0 Å². The topological polar surface area (TPSA) is 12.0 Å². The van der Waals surface area contributed by atoms with E-state index >= 15 is 0 Å². The molecule has 0 atom stereocenters. The van der Waals surface area contributed by atoms with Gasteiger partial charge in [-0.15, -0.1) is 11.3 Å². The minimum Gasteiger partial charge on any atom is -0.316 e. The summed E-state index contributed by atoms with van der Waals surface area (Å²) >= 11 is 1.91. The van der Waals surface area contributed by atoms with Gasteiger partial charge in [-0.1, -0.05) is 19.9 Å². The first-order valence-corrected chi connectivity index (χ1v) is 6.36. The average Bonchev–Trinajstić information content (AvgIpc) is 2.73. The fourth-order valence-electron chi connectivity index (χ4n) is 1.84. The van der Waals surface area contributed by atoms with E-state index in [0.29, 0.717) is 5.41 Å². The zero-order chi connectivity index (χ0) is 10.0. The van der Waals surface area contributed by atoms with Crippen LogP contribution in [-0.4, -0.2) is 13.1 Å². The van der Waals surface area contributed by atoms with Gasteiger partial charge in [0.15, 0.2) is 0 Å². The quantitative estimate of drug-likeness (QED) is 0.786. The van der Waals surface area contributed by atoms with E-state index < -0.39 is 0 Å². The second-order valence-electron chi connectivity index (χ2n) is 4.78. The lowest BCUT2D eigenvalue weighted by Crippen LogP contribution is -2.29. The Morgan fingerprint density at radius 1 is 1.50 bits per heavy atom. The summed E-state index contributed by atoms with van der Waals surface area (Å²) in [6.45, 7) is 6.84. The third kappa shape index (κ3) is 2.18. The summed E-state index contributed by atoms with van der Waals surface area (Å²) in [5.74, 6) is 0.758. The highest BCUT2D eigenvalue weighted by Crippen LogP contribution is 2.49. The molecule has 1 nitrogen and oxygen atoms in total. The molecule has 0 spiro atoms. The Kier molecular flexibility index (Phi) is 2.93. The van der Waals surface area contributed by atoms with Crippen LogP contribution in [0.5, 0.6) is 0 Å². The Morgan fingerprint density at radius 3 is 2.79 bits per heavy atom. The third-order valence-electron chi connectivity index (χ3n) is 2.91. The molecule has 0 aliphatic heterocycles. The lowest BCUT2D eigenvalue weighted by atomic mass is 10.1.